The number of hydrogen-bond donors (Lipinski definition) is 1. The minimum absolute atomic E-state index is 0.512. The minimum Gasteiger partial charge on any atom is -0.373 e. The van der Waals surface area contributed by atoms with Crippen LogP contribution in [0.5, 0.6) is 0 Å². The van der Waals surface area contributed by atoms with E-state index in [9.17, 15) is 0 Å². The van der Waals surface area contributed by atoms with Crippen molar-refractivity contribution in [1.29, 1.82) is 0 Å². The second-order valence-electron chi connectivity index (χ2n) is 4.48. The number of hydrogen-bond acceptors (Lipinski definition) is 3. The van der Waals surface area contributed by atoms with E-state index in [1.165, 1.54) is 0 Å². The number of benzene rings is 1. The molecule has 2 rings (SSSR count). The lowest BCUT2D eigenvalue weighted by molar-refractivity contribution is 0.852. The SMILES string of the molecule is CN(CCc1ccccn1)c1ccc(CN)cc1Cl. The molecule has 0 amide bonds. The summed E-state index contributed by atoms with van der Waals surface area (Å²) in [4.78, 5) is 6.45. The second kappa shape index (κ2) is 6.55. The monoisotopic (exact) mass is 275 g/mol. The number of rotatable bonds is 5. The minimum atomic E-state index is 0.512. The number of nitrogens with zero attached hydrogens (tertiary/aromatic N) is 2. The van der Waals surface area contributed by atoms with Crippen LogP contribution in [0.3, 0.4) is 0 Å². The van der Waals surface area contributed by atoms with Crippen molar-refractivity contribution >= 4 is 17.3 Å². The molecule has 3 nitrogen and oxygen atoms in total. The first-order chi connectivity index (χ1) is 9.20. The highest BCUT2D eigenvalue weighted by Crippen LogP contribution is 2.26. The van der Waals surface area contributed by atoms with Crippen molar-refractivity contribution in [2.24, 2.45) is 5.73 Å². The average molecular weight is 276 g/mol. The molecule has 0 atom stereocenters. The van der Waals surface area contributed by atoms with Crippen LogP contribution in [0.2, 0.25) is 5.02 Å². The zero-order valence-electron chi connectivity index (χ0n) is 11.0. The third kappa shape index (κ3) is 3.69. The van der Waals surface area contributed by atoms with E-state index in [0.717, 1.165) is 34.9 Å². The number of pyridine rings is 1. The Bertz CT molecular complexity index is 528. The van der Waals surface area contributed by atoms with E-state index in [4.69, 9.17) is 17.3 Å². The molecule has 0 unspecified atom stereocenters. The molecule has 0 fully saturated rings. The van der Waals surface area contributed by atoms with Crippen LogP contribution < -0.4 is 10.6 Å². The predicted molar refractivity (Wildman–Crippen MR) is 80.6 cm³/mol. The number of likely N-dealkylation sites (N-methyl/N-ethyl adjacent to an activating group) is 1. The van der Waals surface area contributed by atoms with Crippen LogP contribution in [0, 0.1) is 0 Å². The van der Waals surface area contributed by atoms with Crippen LogP contribution >= 0.6 is 11.6 Å². The molecule has 1 heterocycles. The number of aromatic nitrogens is 1. The van der Waals surface area contributed by atoms with E-state index < -0.39 is 0 Å². The summed E-state index contributed by atoms with van der Waals surface area (Å²) in [5.41, 5.74) is 8.76. The molecule has 100 valence electrons. The number of nitrogens with two attached hydrogens (primary N) is 1. The summed E-state index contributed by atoms with van der Waals surface area (Å²) in [7, 11) is 2.03. The van der Waals surface area contributed by atoms with Crippen molar-refractivity contribution in [1.82, 2.24) is 4.98 Å². The van der Waals surface area contributed by atoms with Gasteiger partial charge in [0.05, 0.1) is 10.7 Å². The highest BCUT2D eigenvalue weighted by molar-refractivity contribution is 6.33. The first-order valence-electron chi connectivity index (χ1n) is 6.30. The fourth-order valence-corrected chi connectivity index (χ4v) is 2.28. The normalized spacial score (nSPS) is 10.5. The third-order valence-corrected chi connectivity index (χ3v) is 3.39. The van der Waals surface area contributed by atoms with E-state index in [0.29, 0.717) is 6.54 Å². The Balaban J connectivity index is 2.02. The molecule has 0 aliphatic rings. The largest absolute Gasteiger partial charge is 0.373 e. The van der Waals surface area contributed by atoms with Gasteiger partial charge in [0.15, 0.2) is 0 Å². The highest BCUT2D eigenvalue weighted by Gasteiger charge is 2.07. The summed E-state index contributed by atoms with van der Waals surface area (Å²) in [6, 6.07) is 11.9. The molecule has 0 spiro atoms. The molecule has 0 bridgehead atoms. The fourth-order valence-electron chi connectivity index (χ4n) is 1.94. The van der Waals surface area contributed by atoms with Gasteiger partial charge in [-0.1, -0.05) is 23.7 Å². The molecule has 0 saturated carbocycles. The molecule has 2 aromatic rings. The summed E-state index contributed by atoms with van der Waals surface area (Å²) in [6.45, 7) is 1.39. The molecule has 0 saturated heterocycles. The van der Waals surface area contributed by atoms with Crippen LogP contribution in [0.25, 0.3) is 0 Å². The molecule has 2 N–H and O–H groups in total. The Kier molecular flexibility index (Phi) is 4.77. The topological polar surface area (TPSA) is 42.2 Å². The standard InChI is InChI=1S/C15H18ClN3/c1-19(9-7-13-4-2-3-8-18-13)15-6-5-12(11-17)10-14(15)16/h2-6,8,10H,7,9,11,17H2,1H3. The first-order valence-corrected chi connectivity index (χ1v) is 6.68. The van der Waals surface area contributed by atoms with Gasteiger partial charge in [0, 0.05) is 38.4 Å². The first kappa shape index (κ1) is 13.8. The van der Waals surface area contributed by atoms with Gasteiger partial charge in [0.25, 0.3) is 0 Å². The molecule has 0 radical (unpaired) electrons. The van der Waals surface area contributed by atoms with Crippen molar-refractivity contribution in [2.45, 2.75) is 13.0 Å². The van der Waals surface area contributed by atoms with Crippen molar-refractivity contribution < 1.29 is 0 Å². The maximum Gasteiger partial charge on any atom is 0.0642 e. The lowest BCUT2D eigenvalue weighted by Crippen LogP contribution is -2.21. The fraction of sp³-hybridized carbons (Fsp3) is 0.267. The maximum atomic E-state index is 6.27. The van der Waals surface area contributed by atoms with Crippen molar-refractivity contribution in [2.75, 3.05) is 18.5 Å². The average Bonchev–Trinajstić information content (AvgIpc) is 2.45. The molecule has 0 aliphatic carbocycles. The highest BCUT2D eigenvalue weighted by atomic mass is 35.5. The predicted octanol–water partition coefficient (Wildman–Crippen LogP) is 2.87. The van der Waals surface area contributed by atoms with Gasteiger partial charge in [-0.3, -0.25) is 4.98 Å². The molecular formula is C15H18ClN3. The van der Waals surface area contributed by atoms with E-state index in [2.05, 4.69) is 9.88 Å². The zero-order chi connectivity index (χ0) is 13.7. The molecule has 19 heavy (non-hydrogen) atoms. The van der Waals surface area contributed by atoms with E-state index in [1.807, 2.05) is 49.6 Å². The van der Waals surface area contributed by atoms with Gasteiger partial charge in [-0.05, 0) is 29.8 Å². The Labute approximate surface area is 119 Å². The molecular weight excluding hydrogens is 258 g/mol. The van der Waals surface area contributed by atoms with E-state index >= 15 is 0 Å². The molecule has 1 aromatic heterocycles. The molecule has 4 heteroatoms. The van der Waals surface area contributed by atoms with E-state index in [1.54, 1.807) is 0 Å². The number of halogens is 1. The van der Waals surface area contributed by atoms with Crippen molar-refractivity contribution in [3.8, 4) is 0 Å². The van der Waals surface area contributed by atoms with Gasteiger partial charge in [-0.2, -0.15) is 0 Å². The van der Waals surface area contributed by atoms with Crippen LogP contribution in [-0.2, 0) is 13.0 Å². The van der Waals surface area contributed by atoms with Gasteiger partial charge in [-0.15, -0.1) is 0 Å². The lowest BCUT2D eigenvalue weighted by Gasteiger charge is -2.20. The summed E-state index contributed by atoms with van der Waals surface area (Å²) >= 11 is 6.27. The van der Waals surface area contributed by atoms with Crippen LogP contribution in [-0.4, -0.2) is 18.6 Å². The zero-order valence-corrected chi connectivity index (χ0v) is 11.8. The summed E-state index contributed by atoms with van der Waals surface area (Å²) in [5, 5.41) is 0.742. The summed E-state index contributed by atoms with van der Waals surface area (Å²) < 4.78 is 0. The van der Waals surface area contributed by atoms with Gasteiger partial charge >= 0.3 is 0 Å². The maximum absolute atomic E-state index is 6.27. The summed E-state index contributed by atoms with van der Waals surface area (Å²) in [6.07, 6.45) is 2.71. The summed E-state index contributed by atoms with van der Waals surface area (Å²) in [5.74, 6) is 0. The second-order valence-corrected chi connectivity index (χ2v) is 4.89. The Hall–Kier alpha value is -1.58. The molecule has 0 aliphatic heterocycles. The van der Waals surface area contributed by atoms with Gasteiger partial charge in [-0.25, -0.2) is 0 Å². The Morgan fingerprint density at radius 3 is 2.74 bits per heavy atom. The van der Waals surface area contributed by atoms with Crippen molar-refractivity contribution in [3.05, 3.63) is 58.9 Å². The smallest absolute Gasteiger partial charge is 0.0642 e. The molecule has 1 aromatic carbocycles. The third-order valence-electron chi connectivity index (χ3n) is 3.09. The quantitative estimate of drug-likeness (QED) is 0.912. The van der Waals surface area contributed by atoms with Crippen LogP contribution in [0.4, 0.5) is 5.69 Å². The van der Waals surface area contributed by atoms with Gasteiger partial charge in [0.2, 0.25) is 0 Å². The van der Waals surface area contributed by atoms with Gasteiger partial charge in [0.1, 0.15) is 0 Å². The number of anilines is 1. The Morgan fingerprint density at radius 2 is 2.11 bits per heavy atom. The van der Waals surface area contributed by atoms with E-state index in [-0.39, 0.29) is 0 Å². The lowest BCUT2D eigenvalue weighted by atomic mass is 10.2. The van der Waals surface area contributed by atoms with Gasteiger partial charge < -0.3 is 10.6 Å². The van der Waals surface area contributed by atoms with Crippen molar-refractivity contribution in [3.63, 3.8) is 0 Å². The van der Waals surface area contributed by atoms with Crippen LogP contribution in [0.15, 0.2) is 42.6 Å². The van der Waals surface area contributed by atoms with Crippen LogP contribution in [0.1, 0.15) is 11.3 Å². The Morgan fingerprint density at radius 1 is 1.26 bits per heavy atom.